The van der Waals surface area contributed by atoms with E-state index < -0.39 is 10.0 Å². The highest BCUT2D eigenvalue weighted by Crippen LogP contribution is 2.23. The maximum atomic E-state index is 12.7. The summed E-state index contributed by atoms with van der Waals surface area (Å²) < 4.78 is 35.4. The van der Waals surface area contributed by atoms with Crippen molar-refractivity contribution < 1.29 is 13.2 Å². The molecular formula is C21H25N3O3S. The van der Waals surface area contributed by atoms with Gasteiger partial charge in [0.1, 0.15) is 12.4 Å². The van der Waals surface area contributed by atoms with Gasteiger partial charge in [-0.3, -0.25) is 9.40 Å². The van der Waals surface area contributed by atoms with Crippen LogP contribution in [-0.4, -0.2) is 24.8 Å². The molecule has 6 nitrogen and oxygen atoms in total. The number of ether oxygens (including phenoxy) is 1. The Hall–Kier alpha value is -2.80. The van der Waals surface area contributed by atoms with Crippen LogP contribution in [-0.2, 0) is 16.6 Å². The second-order valence-corrected chi connectivity index (χ2v) is 8.31. The molecule has 0 amide bonds. The van der Waals surface area contributed by atoms with Gasteiger partial charge in [-0.25, -0.2) is 8.42 Å². The van der Waals surface area contributed by atoms with Crippen molar-refractivity contribution in [3.8, 4) is 5.75 Å². The number of nitrogens with zero attached hydrogens (tertiary/aromatic N) is 2. The lowest BCUT2D eigenvalue weighted by molar-refractivity contribution is 0.291. The van der Waals surface area contributed by atoms with Crippen LogP contribution in [0.25, 0.3) is 0 Å². The van der Waals surface area contributed by atoms with E-state index in [-0.39, 0.29) is 4.90 Å². The average molecular weight is 400 g/mol. The van der Waals surface area contributed by atoms with Crippen LogP contribution in [0.3, 0.4) is 0 Å². The van der Waals surface area contributed by atoms with Gasteiger partial charge in [-0.2, -0.15) is 5.10 Å². The molecule has 0 saturated carbocycles. The third-order valence-electron chi connectivity index (χ3n) is 4.61. The number of anilines is 1. The van der Waals surface area contributed by atoms with Crippen LogP contribution in [0.4, 0.5) is 5.69 Å². The maximum absolute atomic E-state index is 12.7. The lowest BCUT2D eigenvalue weighted by Gasteiger charge is -2.12. The summed E-state index contributed by atoms with van der Waals surface area (Å²) in [5.74, 6) is 1.000. The number of benzene rings is 2. The van der Waals surface area contributed by atoms with Crippen LogP contribution in [0.15, 0.2) is 71.9 Å². The average Bonchev–Trinajstić information content (AvgIpc) is 3.21. The van der Waals surface area contributed by atoms with Crippen molar-refractivity contribution in [2.24, 2.45) is 0 Å². The number of sulfonamides is 1. The third kappa shape index (κ3) is 5.13. The van der Waals surface area contributed by atoms with Gasteiger partial charge < -0.3 is 4.74 Å². The van der Waals surface area contributed by atoms with Crippen molar-refractivity contribution in [2.75, 3.05) is 11.3 Å². The van der Waals surface area contributed by atoms with Gasteiger partial charge >= 0.3 is 0 Å². The van der Waals surface area contributed by atoms with Crippen molar-refractivity contribution in [1.82, 2.24) is 9.78 Å². The van der Waals surface area contributed by atoms with Crippen LogP contribution >= 0.6 is 0 Å². The van der Waals surface area contributed by atoms with E-state index in [0.29, 0.717) is 30.5 Å². The topological polar surface area (TPSA) is 73.2 Å². The Labute approximate surface area is 166 Å². The molecule has 3 rings (SSSR count). The number of nitrogens with one attached hydrogen (secondary N) is 1. The molecule has 0 aliphatic heterocycles. The summed E-state index contributed by atoms with van der Waals surface area (Å²) in [4.78, 5) is 0.240. The molecule has 0 spiro atoms. The lowest BCUT2D eigenvalue weighted by Crippen LogP contribution is -2.13. The quantitative estimate of drug-likeness (QED) is 0.583. The molecule has 0 aliphatic carbocycles. The zero-order chi connectivity index (χ0) is 20.0. The minimum absolute atomic E-state index is 0.240. The van der Waals surface area contributed by atoms with Gasteiger partial charge in [0.2, 0.25) is 0 Å². The van der Waals surface area contributed by atoms with Gasteiger partial charge in [-0.15, -0.1) is 0 Å². The van der Waals surface area contributed by atoms with Gasteiger partial charge in [0.25, 0.3) is 10.0 Å². The molecule has 0 radical (unpaired) electrons. The second kappa shape index (κ2) is 8.93. The number of hydrogen-bond donors (Lipinski definition) is 1. The van der Waals surface area contributed by atoms with E-state index in [9.17, 15) is 8.42 Å². The van der Waals surface area contributed by atoms with Crippen molar-refractivity contribution in [2.45, 2.75) is 37.6 Å². The normalized spacial score (nSPS) is 12.5. The molecule has 148 valence electrons. The van der Waals surface area contributed by atoms with E-state index in [1.165, 1.54) is 0 Å². The molecule has 1 heterocycles. The lowest BCUT2D eigenvalue weighted by atomic mass is 9.99. The molecule has 1 aromatic heterocycles. The van der Waals surface area contributed by atoms with E-state index in [1.54, 1.807) is 47.3 Å². The fraction of sp³-hybridized carbons (Fsp3) is 0.286. The summed E-state index contributed by atoms with van der Waals surface area (Å²) in [6, 6.07) is 15.8. The highest BCUT2D eigenvalue weighted by molar-refractivity contribution is 7.92. The van der Waals surface area contributed by atoms with E-state index in [1.807, 2.05) is 24.4 Å². The van der Waals surface area contributed by atoms with Crippen LogP contribution < -0.4 is 9.46 Å². The summed E-state index contributed by atoms with van der Waals surface area (Å²) in [7, 11) is -3.65. The van der Waals surface area contributed by atoms with E-state index in [0.717, 1.165) is 12.0 Å². The fourth-order valence-corrected chi connectivity index (χ4v) is 3.81. The molecule has 3 aromatic rings. The largest absolute Gasteiger partial charge is 0.492 e. The standard InChI is InChI=1S/C21H25N3O3S/c1-3-17(2)18-8-10-21(11-9-18)28(25,26)23-19-6-4-7-20(16-19)27-15-14-24-13-5-12-22-24/h4-13,16-17,23H,3,14-15H2,1-2H3/t17-/m1/s1. The van der Waals surface area contributed by atoms with Crippen molar-refractivity contribution in [3.63, 3.8) is 0 Å². The zero-order valence-electron chi connectivity index (χ0n) is 16.1. The smallest absolute Gasteiger partial charge is 0.261 e. The van der Waals surface area contributed by atoms with Gasteiger partial charge in [-0.1, -0.05) is 32.0 Å². The zero-order valence-corrected chi connectivity index (χ0v) is 16.9. The molecule has 28 heavy (non-hydrogen) atoms. The summed E-state index contributed by atoms with van der Waals surface area (Å²) in [5, 5.41) is 4.11. The molecule has 0 bridgehead atoms. The first-order valence-corrected chi connectivity index (χ1v) is 10.8. The monoisotopic (exact) mass is 399 g/mol. The number of hydrogen-bond acceptors (Lipinski definition) is 4. The van der Waals surface area contributed by atoms with Gasteiger partial charge in [0.05, 0.1) is 17.1 Å². The molecule has 1 atom stereocenters. The Morgan fingerprint density at radius 3 is 2.61 bits per heavy atom. The molecule has 1 N–H and O–H groups in total. The highest BCUT2D eigenvalue weighted by atomic mass is 32.2. The van der Waals surface area contributed by atoms with E-state index in [2.05, 4.69) is 23.7 Å². The van der Waals surface area contributed by atoms with Crippen LogP contribution in [0.1, 0.15) is 31.7 Å². The third-order valence-corrected chi connectivity index (χ3v) is 6.00. The number of aromatic nitrogens is 2. The maximum Gasteiger partial charge on any atom is 0.261 e. The molecular weight excluding hydrogens is 374 g/mol. The Bertz CT molecular complexity index is 984. The highest BCUT2D eigenvalue weighted by Gasteiger charge is 2.15. The van der Waals surface area contributed by atoms with Crippen molar-refractivity contribution in [1.29, 1.82) is 0 Å². The summed E-state index contributed by atoms with van der Waals surface area (Å²) >= 11 is 0. The minimum atomic E-state index is -3.65. The molecule has 7 heteroatoms. The fourth-order valence-electron chi connectivity index (χ4n) is 2.76. The Kier molecular flexibility index (Phi) is 6.36. The first-order valence-electron chi connectivity index (χ1n) is 9.31. The predicted molar refractivity (Wildman–Crippen MR) is 110 cm³/mol. The van der Waals surface area contributed by atoms with Gasteiger partial charge in [-0.05, 0) is 48.2 Å². The molecule has 0 unspecified atom stereocenters. The second-order valence-electron chi connectivity index (χ2n) is 6.63. The number of rotatable bonds is 9. The van der Waals surface area contributed by atoms with E-state index in [4.69, 9.17) is 4.74 Å². The van der Waals surface area contributed by atoms with Crippen molar-refractivity contribution in [3.05, 3.63) is 72.6 Å². The van der Waals surface area contributed by atoms with Crippen molar-refractivity contribution >= 4 is 15.7 Å². The van der Waals surface area contributed by atoms with Crippen LogP contribution in [0.5, 0.6) is 5.75 Å². The predicted octanol–water partition coefficient (Wildman–Crippen LogP) is 4.28. The summed E-state index contributed by atoms with van der Waals surface area (Å²) in [6.07, 6.45) is 4.59. The summed E-state index contributed by atoms with van der Waals surface area (Å²) in [5.41, 5.74) is 1.59. The minimum Gasteiger partial charge on any atom is -0.492 e. The Morgan fingerprint density at radius 2 is 1.93 bits per heavy atom. The summed E-state index contributed by atoms with van der Waals surface area (Å²) in [6.45, 7) is 5.29. The van der Waals surface area contributed by atoms with Gasteiger partial charge in [0, 0.05) is 18.5 Å². The first-order chi connectivity index (χ1) is 13.5. The molecule has 0 aliphatic rings. The molecule has 0 saturated heterocycles. The SMILES string of the molecule is CC[C@@H](C)c1ccc(S(=O)(=O)Nc2cccc(OCCn3cccn3)c2)cc1. The molecule has 2 aromatic carbocycles. The molecule has 0 fully saturated rings. The van der Waals surface area contributed by atoms with Gasteiger partial charge in [0.15, 0.2) is 0 Å². The van der Waals surface area contributed by atoms with Crippen LogP contribution in [0.2, 0.25) is 0 Å². The first kappa shape index (κ1) is 19.9. The Morgan fingerprint density at radius 1 is 1.14 bits per heavy atom. The van der Waals surface area contributed by atoms with Crippen LogP contribution in [0, 0.1) is 0 Å². The Balaban J connectivity index is 1.65. The van der Waals surface area contributed by atoms with E-state index >= 15 is 0 Å².